The van der Waals surface area contributed by atoms with Crippen LogP contribution in [-0.2, 0) is 9.53 Å². The Morgan fingerprint density at radius 2 is 2.21 bits per heavy atom. The molecule has 1 saturated heterocycles. The number of halogens is 1. The molecule has 0 N–H and O–H groups in total. The number of ether oxygens (including phenoxy) is 1. The summed E-state index contributed by atoms with van der Waals surface area (Å²) in [5, 5.41) is 9.07. The first-order valence-corrected chi connectivity index (χ1v) is 9.03. The minimum absolute atomic E-state index is 0.0954. The molecule has 24 heavy (non-hydrogen) atoms. The first-order valence-electron chi connectivity index (χ1n) is 8.24. The van der Waals surface area contributed by atoms with Gasteiger partial charge < -0.3 is 4.74 Å². The van der Waals surface area contributed by atoms with Crippen molar-refractivity contribution in [2.24, 2.45) is 10.9 Å². The van der Waals surface area contributed by atoms with Crippen molar-refractivity contribution in [1.29, 1.82) is 5.26 Å². The molecule has 4 nitrogen and oxygen atoms in total. The van der Waals surface area contributed by atoms with Gasteiger partial charge in [-0.05, 0) is 31.4 Å². The smallest absolute Gasteiger partial charge is 0.318 e. The highest BCUT2D eigenvalue weighted by atomic mass is 79.9. The molecule has 1 aromatic rings. The van der Waals surface area contributed by atoms with E-state index < -0.39 is 5.92 Å². The van der Waals surface area contributed by atoms with Gasteiger partial charge in [0.1, 0.15) is 5.92 Å². The molecule has 3 atom stereocenters. The lowest BCUT2D eigenvalue weighted by Crippen LogP contribution is -2.24. The van der Waals surface area contributed by atoms with E-state index in [-0.39, 0.29) is 18.7 Å². The van der Waals surface area contributed by atoms with Crippen molar-refractivity contribution in [1.82, 2.24) is 0 Å². The van der Waals surface area contributed by atoms with E-state index in [1.807, 2.05) is 31.2 Å². The molecule has 1 fully saturated rings. The maximum Gasteiger partial charge on any atom is 0.318 e. The molecule has 0 aromatic heterocycles. The van der Waals surface area contributed by atoms with Crippen LogP contribution >= 0.6 is 15.9 Å². The number of hydrogen-bond donors (Lipinski definition) is 0. The second-order valence-corrected chi connectivity index (χ2v) is 7.24. The quantitative estimate of drug-likeness (QED) is 0.432. The molecular weight excluding hydrogens is 367 g/mol. The summed E-state index contributed by atoms with van der Waals surface area (Å²) in [6.45, 7) is 4.10. The second-order valence-electron chi connectivity index (χ2n) is 6.39. The number of nitriles is 1. The van der Waals surface area contributed by atoms with Gasteiger partial charge in [0.2, 0.25) is 0 Å². The van der Waals surface area contributed by atoms with Gasteiger partial charge in [-0.1, -0.05) is 53.2 Å². The Labute approximate surface area is 152 Å². The molecule has 1 aliphatic rings. The highest BCUT2D eigenvalue weighted by Gasteiger charge is 2.33. The van der Waals surface area contributed by atoms with Crippen molar-refractivity contribution < 1.29 is 9.53 Å². The van der Waals surface area contributed by atoms with Crippen molar-refractivity contribution in [3.05, 3.63) is 34.3 Å². The van der Waals surface area contributed by atoms with E-state index in [0.29, 0.717) is 5.92 Å². The first-order chi connectivity index (χ1) is 11.5. The van der Waals surface area contributed by atoms with Gasteiger partial charge in [-0.15, -0.1) is 0 Å². The zero-order valence-corrected chi connectivity index (χ0v) is 15.9. The summed E-state index contributed by atoms with van der Waals surface area (Å²) >= 11 is 3.51. The number of carbonyl (C=O) groups excluding carboxylic acids is 1. The molecule has 0 saturated carbocycles. The molecule has 1 heterocycles. The second kappa shape index (κ2) is 8.48. The van der Waals surface area contributed by atoms with E-state index >= 15 is 0 Å². The fourth-order valence-electron chi connectivity index (χ4n) is 3.42. The standard InChI is InChI=1S/C18H22BBrN2O2/c1-12(14-8-9-19(10-14)11-21)22-13(2)17(18(23)24-3)15-6-4-5-7-16(15)20/h4-7,12,14,17H,8-10H2,1-3H3/b22-13+/t12-,14?,17-/m1/s1. The predicted molar refractivity (Wildman–Crippen MR) is 101 cm³/mol. The molecule has 1 aromatic carbocycles. The van der Waals surface area contributed by atoms with Crippen LogP contribution in [0.2, 0.25) is 12.6 Å². The van der Waals surface area contributed by atoms with Gasteiger partial charge in [0.15, 0.2) is 0 Å². The van der Waals surface area contributed by atoms with E-state index in [9.17, 15) is 4.79 Å². The highest BCUT2D eigenvalue weighted by Crippen LogP contribution is 2.32. The lowest BCUT2D eigenvalue weighted by Gasteiger charge is -2.20. The Morgan fingerprint density at radius 3 is 2.79 bits per heavy atom. The molecule has 0 aliphatic carbocycles. The summed E-state index contributed by atoms with van der Waals surface area (Å²) < 4.78 is 5.87. The summed E-state index contributed by atoms with van der Waals surface area (Å²) in [4.78, 5) is 17.1. The third-order valence-corrected chi connectivity index (χ3v) is 5.54. The summed E-state index contributed by atoms with van der Waals surface area (Å²) in [5.74, 6) is 1.94. The average Bonchev–Trinajstić information content (AvgIpc) is 3.06. The average molecular weight is 389 g/mol. The maximum absolute atomic E-state index is 12.3. The summed E-state index contributed by atoms with van der Waals surface area (Å²) in [5.41, 5.74) is 1.61. The van der Waals surface area contributed by atoms with Crippen LogP contribution in [-0.4, -0.2) is 31.5 Å². The number of rotatable bonds is 5. The van der Waals surface area contributed by atoms with Gasteiger partial charge in [0.25, 0.3) is 6.71 Å². The predicted octanol–water partition coefficient (Wildman–Crippen LogP) is 4.13. The number of hydrogen-bond acceptors (Lipinski definition) is 4. The van der Waals surface area contributed by atoms with Crippen molar-refractivity contribution >= 4 is 34.3 Å². The Bertz CT molecular complexity index is 671. The number of carbonyl (C=O) groups is 1. The zero-order chi connectivity index (χ0) is 17.7. The van der Waals surface area contributed by atoms with Crippen LogP contribution in [0.1, 0.15) is 31.7 Å². The molecular formula is C18H22BBrN2O2. The molecule has 6 heteroatoms. The van der Waals surface area contributed by atoms with Crippen LogP contribution in [0.15, 0.2) is 33.7 Å². The van der Waals surface area contributed by atoms with Gasteiger partial charge in [0.05, 0.1) is 7.11 Å². The fraction of sp³-hybridized carbons (Fsp3) is 0.500. The summed E-state index contributed by atoms with van der Waals surface area (Å²) in [6.07, 6.45) is 2.87. The van der Waals surface area contributed by atoms with Gasteiger partial charge in [0, 0.05) is 22.2 Å². The Morgan fingerprint density at radius 1 is 1.50 bits per heavy atom. The van der Waals surface area contributed by atoms with E-state index in [0.717, 1.165) is 34.8 Å². The molecule has 0 radical (unpaired) electrons. The van der Waals surface area contributed by atoms with Crippen molar-refractivity contribution in [3.63, 3.8) is 0 Å². The maximum atomic E-state index is 12.3. The Balaban J connectivity index is 2.25. The van der Waals surface area contributed by atoms with E-state index in [2.05, 4.69) is 28.8 Å². The highest BCUT2D eigenvalue weighted by molar-refractivity contribution is 9.10. The van der Waals surface area contributed by atoms with E-state index in [1.54, 1.807) is 0 Å². The monoisotopic (exact) mass is 388 g/mol. The number of aliphatic imine (C=N–C) groups is 1. The largest absolute Gasteiger partial charge is 0.468 e. The molecule has 2 rings (SSSR count). The molecule has 0 amide bonds. The third-order valence-electron chi connectivity index (χ3n) is 4.82. The minimum atomic E-state index is -0.513. The summed E-state index contributed by atoms with van der Waals surface area (Å²) in [6, 6.07) is 7.74. The molecule has 0 spiro atoms. The fourth-order valence-corrected chi connectivity index (χ4v) is 3.94. The lowest BCUT2D eigenvalue weighted by atomic mass is 9.49. The first kappa shape index (κ1) is 18.7. The Hall–Kier alpha value is -1.61. The van der Waals surface area contributed by atoms with E-state index in [1.165, 1.54) is 7.11 Å². The van der Waals surface area contributed by atoms with Crippen LogP contribution in [0.5, 0.6) is 0 Å². The molecule has 0 bridgehead atoms. The van der Waals surface area contributed by atoms with Gasteiger partial charge >= 0.3 is 5.97 Å². The van der Waals surface area contributed by atoms with Crippen molar-refractivity contribution in [3.8, 4) is 5.97 Å². The minimum Gasteiger partial charge on any atom is -0.468 e. The van der Waals surface area contributed by atoms with Crippen LogP contribution in [0, 0.1) is 17.1 Å². The van der Waals surface area contributed by atoms with E-state index in [4.69, 9.17) is 15.0 Å². The van der Waals surface area contributed by atoms with Crippen molar-refractivity contribution in [2.75, 3.05) is 7.11 Å². The number of benzene rings is 1. The molecule has 1 unspecified atom stereocenters. The number of esters is 1. The molecule has 1 aliphatic heterocycles. The van der Waals surface area contributed by atoms with Crippen LogP contribution in [0.25, 0.3) is 0 Å². The van der Waals surface area contributed by atoms with Crippen LogP contribution in [0.4, 0.5) is 0 Å². The summed E-state index contributed by atoms with van der Waals surface area (Å²) in [7, 11) is 1.40. The van der Waals surface area contributed by atoms with Gasteiger partial charge in [-0.3, -0.25) is 9.79 Å². The lowest BCUT2D eigenvalue weighted by molar-refractivity contribution is -0.140. The Kier molecular flexibility index (Phi) is 6.62. The van der Waals surface area contributed by atoms with Crippen LogP contribution in [0.3, 0.4) is 0 Å². The van der Waals surface area contributed by atoms with Gasteiger partial charge in [-0.25, -0.2) is 5.26 Å². The third kappa shape index (κ3) is 4.27. The van der Waals surface area contributed by atoms with Crippen molar-refractivity contribution in [2.45, 2.75) is 44.9 Å². The topological polar surface area (TPSA) is 62.4 Å². The SMILES string of the molecule is COC(=O)[C@H](/C(C)=N/[C@H](C)C1CCB(C#N)C1)c1ccccc1Br. The van der Waals surface area contributed by atoms with Gasteiger partial charge in [-0.2, -0.15) is 0 Å². The zero-order valence-electron chi connectivity index (χ0n) is 14.3. The normalized spacial score (nSPS) is 20.4. The van der Waals surface area contributed by atoms with Crippen LogP contribution < -0.4 is 0 Å². The number of methoxy groups -OCH3 is 1. The molecule has 126 valence electrons. The number of nitrogens with zero attached hydrogens (tertiary/aromatic N) is 2.